The Labute approximate surface area is 308 Å². The van der Waals surface area contributed by atoms with E-state index in [1.165, 1.54) is 12.0 Å². The second-order valence-electron chi connectivity index (χ2n) is 13.8. The first kappa shape index (κ1) is 36.2. The highest BCUT2D eigenvalue weighted by atomic mass is 16.7. The van der Waals surface area contributed by atoms with Gasteiger partial charge in [0.2, 0.25) is 0 Å². The van der Waals surface area contributed by atoms with Gasteiger partial charge < -0.3 is 28.4 Å². The van der Waals surface area contributed by atoms with Gasteiger partial charge in [-0.2, -0.15) is 0 Å². The zero-order chi connectivity index (χ0) is 35.2. The van der Waals surface area contributed by atoms with Crippen molar-refractivity contribution in [3.05, 3.63) is 179 Å². The molecule has 1 aliphatic heterocycles. The zero-order valence-corrected chi connectivity index (χ0v) is 29.8. The Morgan fingerprint density at radius 2 is 0.904 bits per heavy atom. The fourth-order valence-corrected chi connectivity index (χ4v) is 7.37. The summed E-state index contributed by atoms with van der Waals surface area (Å²) in [5.74, 6) is 0.261. The summed E-state index contributed by atoms with van der Waals surface area (Å²) in [5.41, 5.74) is 5.61. The molecule has 1 saturated carbocycles. The first-order chi connectivity index (χ1) is 25.8. The highest BCUT2D eigenvalue weighted by molar-refractivity contribution is 5.22. The van der Waals surface area contributed by atoms with Crippen molar-refractivity contribution in [1.29, 1.82) is 0 Å². The predicted molar refractivity (Wildman–Crippen MR) is 202 cm³/mol. The van der Waals surface area contributed by atoms with E-state index < -0.39 is 30.7 Å². The summed E-state index contributed by atoms with van der Waals surface area (Å²) in [5, 5.41) is 0. The van der Waals surface area contributed by atoms with E-state index in [0.29, 0.717) is 33.0 Å². The molecule has 7 rings (SSSR count). The van der Waals surface area contributed by atoms with Crippen LogP contribution in [0.3, 0.4) is 0 Å². The molecular weight excluding hydrogens is 649 g/mol. The van der Waals surface area contributed by atoms with E-state index in [9.17, 15) is 0 Å². The second-order valence-corrected chi connectivity index (χ2v) is 13.8. The van der Waals surface area contributed by atoms with E-state index in [4.69, 9.17) is 28.4 Å². The Kier molecular flexibility index (Phi) is 13.3. The highest BCUT2D eigenvalue weighted by Crippen LogP contribution is 2.39. The summed E-state index contributed by atoms with van der Waals surface area (Å²) in [7, 11) is 0. The molecule has 2 fully saturated rings. The van der Waals surface area contributed by atoms with Crippen LogP contribution in [0.5, 0.6) is 0 Å². The summed E-state index contributed by atoms with van der Waals surface area (Å²) in [6.07, 6.45) is 1.48. The molecule has 1 aliphatic carbocycles. The van der Waals surface area contributed by atoms with Crippen LogP contribution in [0.1, 0.15) is 59.4 Å². The Balaban J connectivity index is 1.21. The maximum Gasteiger partial charge on any atom is 0.187 e. The van der Waals surface area contributed by atoms with Gasteiger partial charge >= 0.3 is 0 Å². The fraction of sp³-hybridized carbons (Fsp3) is 0.348. The van der Waals surface area contributed by atoms with Gasteiger partial charge in [0.05, 0.1) is 39.1 Å². The second kappa shape index (κ2) is 19.1. The fourth-order valence-electron chi connectivity index (χ4n) is 7.37. The summed E-state index contributed by atoms with van der Waals surface area (Å²) in [6.45, 7) is 1.93. The average molecular weight is 699 g/mol. The molecule has 7 atom stereocenters. The van der Waals surface area contributed by atoms with Gasteiger partial charge in [0.1, 0.15) is 24.4 Å². The lowest BCUT2D eigenvalue weighted by Gasteiger charge is -2.47. The van der Waals surface area contributed by atoms with Crippen molar-refractivity contribution in [3.8, 4) is 0 Å². The monoisotopic (exact) mass is 698 g/mol. The van der Waals surface area contributed by atoms with Gasteiger partial charge in [-0.3, -0.25) is 0 Å². The molecule has 1 saturated heterocycles. The van der Waals surface area contributed by atoms with Crippen LogP contribution in [0.2, 0.25) is 0 Å². The molecule has 5 aromatic rings. The summed E-state index contributed by atoms with van der Waals surface area (Å²) >= 11 is 0. The third-order valence-electron chi connectivity index (χ3n) is 10.1. The van der Waals surface area contributed by atoms with E-state index >= 15 is 0 Å². The molecule has 0 radical (unpaired) electrons. The van der Waals surface area contributed by atoms with Crippen molar-refractivity contribution in [2.75, 3.05) is 6.61 Å². The first-order valence-corrected chi connectivity index (χ1v) is 18.7. The van der Waals surface area contributed by atoms with Gasteiger partial charge in [-0.1, -0.05) is 165 Å². The summed E-state index contributed by atoms with van der Waals surface area (Å²) in [4.78, 5) is 0. The molecule has 6 heteroatoms. The van der Waals surface area contributed by atoms with E-state index in [-0.39, 0.29) is 12.0 Å². The number of hydrogen-bond acceptors (Lipinski definition) is 6. The molecule has 0 spiro atoms. The maximum absolute atomic E-state index is 7.15. The average Bonchev–Trinajstić information content (AvgIpc) is 3.21. The Morgan fingerprint density at radius 1 is 0.462 bits per heavy atom. The molecular formula is C46H50O6. The van der Waals surface area contributed by atoms with Crippen molar-refractivity contribution in [3.63, 3.8) is 0 Å². The number of benzene rings is 5. The molecule has 0 bridgehead atoms. The molecule has 0 aromatic heterocycles. The lowest BCUT2D eigenvalue weighted by molar-refractivity contribution is -0.338. The molecule has 0 amide bonds. The molecule has 2 aliphatic rings. The minimum atomic E-state index is -0.708. The number of rotatable bonds is 16. The van der Waals surface area contributed by atoms with Crippen LogP contribution in [0.25, 0.3) is 0 Å². The van der Waals surface area contributed by atoms with Crippen molar-refractivity contribution >= 4 is 0 Å². The van der Waals surface area contributed by atoms with Crippen molar-refractivity contribution in [2.45, 2.75) is 94.8 Å². The van der Waals surface area contributed by atoms with Gasteiger partial charge in [0, 0.05) is 5.92 Å². The van der Waals surface area contributed by atoms with E-state index in [2.05, 4.69) is 78.9 Å². The molecule has 5 aromatic carbocycles. The summed E-state index contributed by atoms with van der Waals surface area (Å²) < 4.78 is 41.2. The third kappa shape index (κ3) is 10.0. The quantitative estimate of drug-likeness (QED) is 0.102. The lowest BCUT2D eigenvalue weighted by atomic mass is 9.81. The van der Waals surface area contributed by atoms with Gasteiger partial charge in [0.25, 0.3) is 0 Å². The minimum Gasteiger partial charge on any atom is -0.374 e. The van der Waals surface area contributed by atoms with Gasteiger partial charge in [-0.05, 0) is 40.7 Å². The largest absolute Gasteiger partial charge is 0.374 e. The highest BCUT2D eigenvalue weighted by Gasteiger charge is 2.50. The predicted octanol–water partition coefficient (Wildman–Crippen LogP) is 9.43. The molecule has 270 valence electrons. The smallest absolute Gasteiger partial charge is 0.187 e. The molecule has 1 heterocycles. The molecule has 52 heavy (non-hydrogen) atoms. The van der Waals surface area contributed by atoms with Crippen LogP contribution in [-0.4, -0.2) is 43.4 Å². The van der Waals surface area contributed by atoms with Crippen LogP contribution >= 0.6 is 0 Å². The SMILES string of the molecule is c1ccc(COC[C@H]2O[C@@H](O[C@@H]3CCCC[C@H]3c3ccccc3)[C@H](OCc3ccccc3)[C@@H](OCc3ccccc3)[C@@H]2OCc2ccccc2)cc1. The molecule has 0 unspecified atom stereocenters. The Hall–Kier alpha value is -4.14. The normalized spacial score (nSPS) is 24.7. The van der Waals surface area contributed by atoms with E-state index in [1.54, 1.807) is 0 Å². The van der Waals surface area contributed by atoms with Gasteiger partial charge in [-0.15, -0.1) is 0 Å². The molecule has 0 N–H and O–H groups in total. The summed E-state index contributed by atoms with van der Waals surface area (Å²) in [6, 6.07) is 51.7. The van der Waals surface area contributed by atoms with E-state index in [0.717, 1.165) is 41.5 Å². The van der Waals surface area contributed by atoms with E-state index in [1.807, 2.05) is 72.8 Å². The minimum absolute atomic E-state index is 0.0357. The van der Waals surface area contributed by atoms with Crippen molar-refractivity contribution in [1.82, 2.24) is 0 Å². The van der Waals surface area contributed by atoms with Crippen molar-refractivity contribution in [2.24, 2.45) is 0 Å². The Bertz CT molecular complexity index is 1710. The van der Waals surface area contributed by atoms with Gasteiger partial charge in [0.15, 0.2) is 6.29 Å². The third-order valence-corrected chi connectivity index (χ3v) is 10.1. The van der Waals surface area contributed by atoms with Crippen LogP contribution in [-0.2, 0) is 54.8 Å². The number of hydrogen-bond donors (Lipinski definition) is 0. The van der Waals surface area contributed by atoms with Crippen LogP contribution in [0.4, 0.5) is 0 Å². The zero-order valence-electron chi connectivity index (χ0n) is 29.8. The Morgan fingerprint density at radius 3 is 1.44 bits per heavy atom. The van der Waals surface area contributed by atoms with Crippen LogP contribution < -0.4 is 0 Å². The van der Waals surface area contributed by atoms with Crippen LogP contribution in [0.15, 0.2) is 152 Å². The molecule has 6 nitrogen and oxygen atoms in total. The maximum atomic E-state index is 7.15. The first-order valence-electron chi connectivity index (χ1n) is 18.7. The number of ether oxygens (including phenoxy) is 6. The lowest BCUT2D eigenvalue weighted by Crippen LogP contribution is -2.62. The van der Waals surface area contributed by atoms with Crippen LogP contribution in [0, 0.1) is 0 Å². The topological polar surface area (TPSA) is 55.4 Å². The standard InChI is InChI=1S/C46H50O6/c1-6-18-35(19-7-1)30-47-34-42-43(48-31-36-20-8-2-9-21-36)44(49-32-37-22-10-3-11-23-37)45(50-33-38-24-12-4-13-25-38)46(52-42)51-41-29-17-16-28-40(41)39-26-14-5-15-27-39/h1-15,18-27,40-46H,16-17,28-34H2/t40-,41+,42+,43+,44-,45+,46+/m0/s1. The van der Waals surface area contributed by atoms with Crippen molar-refractivity contribution < 1.29 is 28.4 Å². The van der Waals surface area contributed by atoms with Gasteiger partial charge in [-0.25, -0.2) is 0 Å².